The van der Waals surface area contributed by atoms with Crippen LogP contribution in [0, 0.1) is 12.7 Å². The number of ketones is 1. The van der Waals surface area contributed by atoms with Crippen LogP contribution in [-0.4, -0.2) is 16.6 Å². The number of nitrogens with zero attached hydrogens (tertiary/aromatic N) is 1. The van der Waals surface area contributed by atoms with Crippen LogP contribution in [0.2, 0.25) is 0 Å². The Labute approximate surface area is 199 Å². The van der Waals surface area contributed by atoms with Gasteiger partial charge in [0.25, 0.3) is 5.56 Å². The summed E-state index contributed by atoms with van der Waals surface area (Å²) in [5, 5.41) is 0. The normalized spacial score (nSPS) is 12.3. The molecule has 166 valence electrons. The summed E-state index contributed by atoms with van der Waals surface area (Å²) in [6.07, 6.45) is 5.34. The van der Waals surface area contributed by atoms with Crippen molar-refractivity contribution >= 4 is 41.0 Å². The maximum absolute atomic E-state index is 13.7. The standard InChI is InChI=1S/C27H22FNO2S2/c1-18-6-3-4-9-23(18)24(30)16-26-29(17-20-7-5-8-21(28)14-20)27(31)25(33-26)15-19-10-12-22(32-2)13-11-19/h3-16H,17H2,1-2H3/b25-15-,26-16-. The van der Waals surface area contributed by atoms with Gasteiger partial charge in [0.15, 0.2) is 5.78 Å². The fourth-order valence-corrected chi connectivity index (χ4v) is 4.95. The van der Waals surface area contributed by atoms with Crippen LogP contribution in [0.3, 0.4) is 0 Å². The van der Waals surface area contributed by atoms with Gasteiger partial charge in [-0.15, -0.1) is 23.1 Å². The first kappa shape index (κ1) is 23.0. The molecule has 0 amide bonds. The Morgan fingerprint density at radius 3 is 2.52 bits per heavy atom. The number of benzene rings is 3. The summed E-state index contributed by atoms with van der Waals surface area (Å²) in [5.74, 6) is -0.531. The number of aromatic nitrogens is 1. The Morgan fingerprint density at radius 1 is 1.06 bits per heavy atom. The summed E-state index contributed by atoms with van der Waals surface area (Å²) in [6.45, 7) is 2.06. The number of carbonyl (C=O) groups excluding carboxylic acids is 1. The van der Waals surface area contributed by atoms with Gasteiger partial charge in [0.05, 0.1) is 11.1 Å². The Morgan fingerprint density at radius 2 is 1.82 bits per heavy atom. The summed E-state index contributed by atoms with van der Waals surface area (Å²) in [7, 11) is 0. The predicted molar refractivity (Wildman–Crippen MR) is 135 cm³/mol. The Bertz CT molecular complexity index is 1480. The number of thiazole rings is 1. The first-order valence-electron chi connectivity index (χ1n) is 10.4. The molecule has 4 aromatic rings. The molecule has 0 spiro atoms. The number of rotatable bonds is 6. The first-order chi connectivity index (χ1) is 15.9. The van der Waals surface area contributed by atoms with Crippen molar-refractivity contribution in [3.05, 3.63) is 120 Å². The maximum Gasteiger partial charge on any atom is 0.269 e. The predicted octanol–water partition coefficient (Wildman–Crippen LogP) is 4.62. The molecule has 0 atom stereocenters. The fourth-order valence-electron chi connectivity index (χ4n) is 3.50. The van der Waals surface area contributed by atoms with E-state index in [1.54, 1.807) is 30.0 Å². The lowest BCUT2D eigenvalue weighted by Crippen LogP contribution is -2.32. The molecule has 0 N–H and O–H groups in total. The molecule has 1 aromatic heterocycles. The number of thioether (sulfide) groups is 1. The number of hydrogen-bond donors (Lipinski definition) is 0. The van der Waals surface area contributed by atoms with Gasteiger partial charge in [-0.2, -0.15) is 0 Å². The molecule has 0 saturated carbocycles. The van der Waals surface area contributed by atoms with E-state index in [0.29, 0.717) is 20.3 Å². The van der Waals surface area contributed by atoms with E-state index < -0.39 is 0 Å². The van der Waals surface area contributed by atoms with E-state index in [1.807, 2.05) is 61.7 Å². The number of carbonyl (C=O) groups is 1. The van der Waals surface area contributed by atoms with Crippen LogP contribution in [-0.2, 0) is 6.54 Å². The highest BCUT2D eigenvalue weighted by molar-refractivity contribution is 7.98. The highest BCUT2D eigenvalue weighted by atomic mass is 32.2. The van der Waals surface area contributed by atoms with E-state index in [0.717, 1.165) is 16.0 Å². The molecule has 0 fully saturated rings. The molecule has 4 rings (SSSR count). The van der Waals surface area contributed by atoms with E-state index in [-0.39, 0.29) is 23.7 Å². The number of halogens is 1. The molecule has 0 aliphatic rings. The summed E-state index contributed by atoms with van der Waals surface area (Å²) in [5.41, 5.74) is 2.82. The summed E-state index contributed by atoms with van der Waals surface area (Å²) in [6, 6.07) is 21.4. The minimum Gasteiger partial charge on any atom is -0.294 e. The number of hydrogen-bond acceptors (Lipinski definition) is 4. The third kappa shape index (κ3) is 5.41. The average molecular weight is 476 g/mol. The molecule has 0 unspecified atom stereocenters. The third-order valence-electron chi connectivity index (χ3n) is 5.24. The Balaban J connectivity index is 1.85. The Hall–Kier alpha value is -3.22. The molecule has 0 saturated heterocycles. The van der Waals surface area contributed by atoms with Crippen LogP contribution < -0.4 is 14.8 Å². The van der Waals surface area contributed by atoms with Crippen molar-refractivity contribution in [3.8, 4) is 0 Å². The van der Waals surface area contributed by atoms with Gasteiger partial charge in [-0.1, -0.05) is 48.5 Å². The quantitative estimate of drug-likeness (QED) is 0.302. The van der Waals surface area contributed by atoms with E-state index in [9.17, 15) is 14.0 Å². The summed E-state index contributed by atoms with van der Waals surface area (Å²) >= 11 is 2.91. The van der Waals surface area contributed by atoms with Crippen LogP contribution in [0.5, 0.6) is 0 Å². The van der Waals surface area contributed by atoms with Gasteiger partial charge < -0.3 is 0 Å². The zero-order valence-corrected chi connectivity index (χ0v) is 19.9. The molecule has 0 radical (unpaired) electrons. The van der Waals surface area contributed by atoms with Gasteiger partial charge in [0, 0.05) is 16.5 Å². The first-order valence-corrected chi connectivity index (χ1v) is 12.4. The van der Waals surface area contributed by atoms with Gasteiger partial charge in [-0.3, -0.25) is 14.2 Å². The molecular weight excluding hydrogens is 453 g/mol. The van der Waals surface area contributed by atoms with Crippen molar-refractivity contribution in [2.75, 3.05) is 6.26 Å². The second-order valence-corrected chi connectivity index (χ2v) is 9.51. The molecule has 3 nitrogen and oxygen atoms in total. The van der Waals surface area contributed by atoms with Gasteiger partial charge >= 0.3 is 0 Å². The maximum atomic E-state index is 13.7. The number of Topliss-reactive ketones (excluding diaryl/α,β-unsaturated/α-hetero) is 1. The molecule has 6 heteroatoms. The van der Waals surface area contributed by atoms with Crippen molar-refractivity contribution in [1.29, 1.82) is 0 Å². The second kappa shape index (κ2) is 10.1. The molecule has 1 heterocycles. The topological polar surface area (TPSA) is 39.1 Å². The zero-order chi connectivity index (χ0) is 23.4. The molecule has 0 aliphatic heterocycles. The average Bonchev–Trinajstić information content (AvgIpc) is 3.08. The highest BCUT2D eigenvalue weighted by Gasteiger charge is 2.10. The van der Waals surface area contributed by atoms with E-state index in [2.05, 4.69) is 0 Å². The monoisotopic (exact) mass is 475 g/mol. The van der Waals surface area contributed by atoms with Crippen molar-refractivity contribution in [3.63, 3.8) is 0 Å². The minimum atomic E-state index is -0.363. The zero-order valence-electron chi connectivity index (χ0n) is 18.2. The van der Waals surface area contributed by atoms with Gasteiger partial charge in [0.1, 0.15) is 10.5 Å². The van der Waals surface area contributed by atoms with Crippen LogP contribution in [0.1, 0.15) is 27.0 Å². The van der Waals surface area contributed by atoms with Crippen molar-refractivity contribution in [1.82, 2.24) is 4.57 Å². The summed E-state index contributed by atoms with van der Waals surface area (Å²) in [4.78, 5) is 27.4. The fraction of sp³-hybridized carbons (Fsp3) is 0.111. The smallest absolute Gasteiger partial charge is 0.269 e. The van der Waals surface area contributed by atoms with E-state index >= 15 is 0 Å². The molecule has 33 heavy (non-hydrogen) atoms. The lowest BCUT2D eigenvalue weighted by atomic mass is 10.1. The Kier molecular flexibility index (Phi) is 7.06. The van der Waals surface area contributed by atoms with E-state index in [1.165, 1.54) is 34.1 Å². The molecule has 0 aliphatic carbocycles. The van der Waals surface area contributed by atoms with Crippen molar-refractivity contribution in [2.24, 2.45) is 0 Å². The van der Waals surface area contributed by atoms with Crippen molar-refractivity contribution < 1.29 is 9.18 Å². The summed E-state index contributed by atoms with van der Waals surface area (Å²) < 4.78 is 16.3. The lowest BCUT2D eigenvalue weighted by Gasteiger charge is -2.04. The largest absolute Gasteiger partial charge is 0.294 e. The van der Waals surface area contributed by atoms with Crippen LogP contribution in [0.4, 0.5) is 4.39 Å². The lowest BCUT2D eigenvalue weighted by molar-refractivity contribution is 0.106. The van der Waals surface area contributed by atoms with Gasteiger partial charge in [-0.25, -0.2) is 4.39 Å². The molecule has 3 aromatic carbocycles. The van der Waals surface area contributed by atoms with Gasteiger partial charge in [0.2, 0.25) is 0 Å². The van der Waals surface area contributed by atoms with Crippen LogP contribution in [0.15, 0.2) is 82.5 Å². The van der Waals surface area contributed by atoms with Crippen molar-refractivity contribution in [2.45, 2.75) is 18.4 Å². The number of aryl methyl sites for hydroxylation is 1. The highest BCUT2D eigenvalue weighted by Crippen LogP contribution is 2.15. The van der Waals surface area contributed by atoms with Crippen LogP contribution >= 0.6 is 23.1 Å². The molecular formula is C27H22FNO2S2. The molecule has 0 bridgehead atoms. The van der Waals surface area contributed by atoms with Gasteiger partial charge in [-0.05, 0) is 60.2 Å². The third-order valence-corrected chi connectivity index (χ3v) is 7.05. The second-order valence-electron chi connectivity index (χ2n) is 7.57. The van der Waals surface area contributed by atoms with E-state index in [4.69, 9.17) is 0 Å². The minimum absolute atomic E-state index is 0.168. The SMILES string of the molecule is CSc1ccc(/C=c2\s/c(=C\C(=O)c3ccccc3C)n(Cc3cccc(F)c3)c2=O)cc1. The van der Waals surface area contributed by atoms with Crippen LogP contribution in [0.25, 0.3) is 12.2 Å².